The van der Waals surface area contributed by atoms with Crippen molar-refractivity contribution in [2.75, 3.05) is 32.7 Å². The molecule has 0 aromatic heterocycles. The van der Waals surface area contributed by atoms with Crippen LogP contribution in [0.1, 0.15) is 16.7 Å². The molecule has 1 saturated heterocycles. The Morgan fingerprint density at radius 3 is 2.38 bits per heavy atom. The SMILES string of the molecule is Cc1ccc(CN2CCN(CC(=O)NN=CC(Cl)=Cc3ccccc3)CC2)cc1. The molecule has 0 spiro atoms. The summed E-state index contributed by atoms with van der Waals surface area (Å²) < 4.78 is 0. The van der Waals surface area contributed by atoms with Gasteiger partial charge in [0.05, 0.1) is 17.8 Å². The molecule has 1 fully saturated rings. The zero-order valence-electron chi connectivity index (χ0n) is 16.7. The number of carbonyl (C=O) groups excluding carboxylic acids is 1. The van der Waals surface area contributed by atoms with E-state index in [0.29, 0.717) is 11.6 Å². The first-order chi connectivity index (χ1) is 14.1. The Labute approximate surface area is 177 Å². The molecule has 0 atom stereocenters. The molecule has 0 bridgehead atoms. The molecule has 6 heteroatoms. The van der Waals surface area contributed by atoms with Gasteiger partial charge in [-0.25, -0.2) is 5.43 Å². The highest BCUT2D eigenvalue weighted by molar-refractivity contribution is 6.41. The minimum Gasteiger partial charge on any atom is -0.297 e. The van der Waals surface area contributed by atoms with Gasteiger partial charge in [-0.15, -0.1) is 0 Å². The molecule has 0 unspecified atom stereocenters. The van der Waals surface area contributed by atoms with Crippen LogP contribution in [0.4, 0.5) is 0 Å². The van der Waals surface area contributed by atoms with Crippen molar-refractivity contribution < 1.29 is 4.79 Å². The minimum absolute atomic E-state index is 0.127. The highest BCUT2D eigenvalue weighted by Gasteiger charge is 2.18. The van der Waals surface area contributed by atoms with Crippen molar-refractivity contribution in [2.45, 2.75) is 13.5 Å². The maximum atomic E-state index is 12.1. The smallest absolute Gasteiger partial charge is 0.254 e. The number of carbonyl (C=O) groups is 1. The van der Waals surface area contributed by atoms with Crippen LogP contribution in [-0.2, 0) is 11.3 Å². The molecule has 152 valence electrons. The van der Waals surface area contributed by atoms with Crippen LogP contribution in [0.2, 0.25) is 0 Å². The van der Waals surface area contributed by atoms with Crippen molar-refractivity contribution in [3.63, 3.8) is 0 Å². The third-order valence-electron chi connectivity index (χ3n) is 4.84. The Bertz CT molecular complexity index is 841. The van der Waals surface area contributed by atoms with Crippen molar-refractivity contribution >= 4 is 29.8 Å². The van der Waals surface area contributed by atoms with Gasteiger partial charge in [0.2, 0.25) is 0 Å². The van der Waals surface area contributed by atoms with Gasteiger partial charge in [-0.05, 0) is 24.1 Å². The molecule has 1 amide bonds. The molecule has 0 aliphatic carbocycles. The first-order valence-corrected chi connectivity index (χ1v) is 10.2. The summed E-state index contributed by atoms with van der Waals surface area (Å²) >= 11 is 6.13. The monoisotopic (exact) mass is 410 g/mol. The zero-order valence-corrected chi connectivity index (χ0v) is 17.5. The van der Waals surface area contributed by atoms with Gasteiger partial charge in [-0.3, -0.25) is 14.6 Å². The van der Waals surface area contributed by atoms with Gasteiger partial charge in [-0.2, -0.15) is 5.10 Å². The molecule has 29 heavy (non-hydrogen) atoms. The zero-order chi connectivity index (χ0) is 20.5. The van der Waals surface area contributed by atoms with Gasteiger partial charge < -0.3 is 0 Å². The van der Waals surface area contributed by atoms with E-state index in [-0.39, 0.29) is 5.91 Å². The molecular formula is C23H27ClN4O. The summed E-state index contributed by atoms with van der Waals surface area (Å²) in [5.74, 6) is -0.127. The summed E-state index contributed by atoms with van der Waals surface area (Å²) in [4.78, 5) is 16.7. The van der Waals surface area contributed by atoms with Crippen molar-refractivity contribution in [3.05, 3.63) is 76.3 Å². The molecule has 3 rings (SSSR count). The Kier molecular flexibility index (Phi) is 7.99. The first kappa shape index (κ1) is 21.2. The lowest BCUT2D eigenvalue weighted by Gasteiger charge is -2.34. The van der Waals surface area contributed by atoms with Crippen LogP contribution in [0.25, 0.3) is 6.08 Å². The van der Waals surface area contributed by atoms with E-state index in [1.165, 1.54) is 17.3 Å². The molecule has 0 radical (unpaired) electrons. The number of hydrogen-bond donors (Lipinski definition) is 1. The Hall–Kier alpha value is -2.47. The second-order valence-electron chi connectivity index (χ2n) is 7.27. The van der Waals surface area contributed by atoms with Gasteiger partial charge in [0.1, 0.15) is 0 Å². The molecule has 0 saturated carbocycles. The molecule has 2 aromatic rings. The van der Waals surface area contributed by atoms with E-state index in [4.69, 9.17) is 11.6 Å². The molecule has 1 heterocycles. The van der Waals surface area contributed by atoms with Crippen LogP contribution in [0.5, 0.6) is 0 Å². The van der Waals surface area contributed by atoms with Crippen LogP contribution >= 0.6 is 11.6 Å². The third-order valence-corrected chi connectivity index (χ3v) is 5.05. The number of nitrogens with zero attached hydrogens (tertiary/aromatic N) is 3. The largest absolute Gasteiger partial charge is 0.297 e. The van der Waals surface area contributed by atoms with Crippen LogP contribution in [0.15, 0.2) is 64.7 Å². The number of amides is 1. The van der Waals surface area contributed by atoms with Crippen molar-refractivity contribution in [2.24, 2.45) is 5.10 Å². The number of nitrogens with one attached hydrogen (secondary N) is 1. The van der Waals surface area contributed by atoms with Gasteiger partial charge in [0.15, 0.2) is 0 Å². The number of hydrogen-bond acceptors (Lipinski definition) is 4. The minimum atomic E-state index is -0.127. The van der Waals surface area contributed by atoms with Crippen LogP contribution in [-0.4, -0.2) is 54.6 Å². The fourth-order valence-corrected chi connectivity index (χ4v) is 3.38. The number of halogens is 1. The van der Waals surface area contributed by atoms with Crippen LogP contribution in [0.3, 0.4) is 0 Å². The lowest BCUT2D eigenvalue weighted by molar-refractivity contribution is -0.122. The van der Waals surface area contributed by atoms with Gasteiger partial charge >= 0.3 is 0 Å². The number of allylic oxidation sites excluding steroid dienone is 1. The fourth-order valence-electron chi connectivity index (χ4n) is 3.21. The summed E-state index contributed by atoms with van der Waals surface area (Å²) in [5, 5.41) is 4.41. The Balaban J connectivity index is 1.37. The summed E-state index contributed by atoms with van der Waals surface area (Å²) in [7, 11) is 0. The fraction of sp³-hybridized carbons (Fsp3) is 0.304. The standard InChI is InChI=1S/C23H27ClN4O/c1-19-7-9-21(10-8-19)17-27-11-13-28(14-12-27)18-23(29)26-25-16-22(24)15-20-5-3-2-4-6-20/h2-10,15-16H,11-14,17-18H2,1H3,(H,26,29). The van der Waals surface area contributed by atoms with E-state index in [1.54, 1.807) is 6.08 Å². The Morgan fingerprint density at radius 1 is 1.03 bits per heavy atom. The highest BCUT2D eigenvalue weighted by Crippen LogP contribution is 2.10. The number of rotatable bonds is 7. The number of benzene rings is 2. The second-order valence-corrected chi connectivity index (χ2v) is 7.71. The third kappa shape index (κ3) is 7.46. The van der Waals surface area contributed by atoms with Crippen molar-refractivity contribution in [3.8, 4) is 0 Å². The number of piperazine rings is 1. The second kappa shape index (κ2) is 10.9. The van der Waals surface area contributed by atoms with Crippen LogP contribution in [0, 0.1) is 6.92 Å². The first-order valence-electron chi connectivity index (χ1n) is 9.83. The van der Waals surface area contributed by atoms with E-state index in [2.05, 4.69) is 51.5 Å². The maximum Gasteiger partial charge on any atom is 0.254 e. The van der Waals surface area contributed by atoms with E-state index >= 15 is 0 Å². The van der Waals surface area contributed by atoms with Crippen molar-refractivity contribution in [1.82, 2.24) is 15.2 Å². The van der Waals surface area contributed by atoms with Gasteiger partial charge in [0, 0.05) is 32.7 Å². The number of aryl methyl sites for hydroxylation is 1. The highest BCUT2D eigenvalue weighted by atomic mass is 35.5. The lowest BCUT2D eigenvalue weighted by Crippen LogP contribution is -2.48. The molecule has 5 nitrogen and oxygen atoms in total. The van der Waals surface area contributed by atoms with Crippen molar-refractivity contribution in [1.29, 1.82) is 0 Å². The molecule has 2 aromatic carbocycles. The summed E-state index contributed by atoms with van der Waals surface area (Å²) in [6, 6.07) is 18.4. The Morgan fingerprint density at radius 2 is 1.69 bits per heavy atom. The van der Waals surface area contributed by atoms with E-state index in [0.717, 1.165) is 38.3 Å². The summed E-state index contributed by atoms with van der Waals surface area (Å²) in [6.45, 7) is 7.05. The quantitative estimate of drug-likeness (QED) is 0.561. The average molecular weight is 411 g/mol. The summed E-state index contributed by atoms with van der Waals surface area (Å²) in [5.41, 5.74) is 6.15. The molecule has 1 aliphatic heterocycles. The number of hydrazone groups is 1. The van der Waals surface area contributed by atoms with Gasteiger partial charge in [0.25, 0.3) is 5.91 Å². The predicted molar refractivity (Wildman–Crippen MR) is 120 cm³/mol. The van der Waals surface area contributed by atoms with Gasteiger partial charge in [-0.1, -0.05) is 71.8 Å². The average Bonchev–Trinajstić information content (AvgIpc) is 2.72. The topological polar surface area (TPSA) is 47.9 Å². The van der Waals surface area contributed by atoms with E-state index in [1.807, 2.05) is 30.3 Å². The molecule has 1 N–H and O–H groups in total. The van der Waals surface area contributed by atoms with E-state index in [9.17, 15) is 4.79 Å². The van der Waals surface area contributed by atoms with E-state index < -0.39 is 0 Å². The lowest BCUT2D eigenvalue weighted by atomic mass is 10.1. The molecular weight excluding hydrogens is 384 g/mol. The summed E-state index contributed by atoms with van der Waals surface area (Å²) in [6.07, 6.45) is 3.25. The predicted octanol–water partition coefficient (Wildman–Crippen LogP) is 3.49. The van der Waals surface area contributed by atoms with Crippen LogP contribution < -0.4 is 5.43 Å². The normalized spacial score (nSPS) is 16.3. The molecule has 1 aliphatic rings. The maximum absolute atomic E-state index is 12.1.